The normalized spacial score (nSPS) is 21.7. The number of alkyl carbamates (subject to hydrolysis) is 1. The fourth-order valence-electron chi connectivity index (χ4n) is 3.35. The van der Waals surface area contributed by atoms with Crippen LogP contribution in [0.2, 0.25) is 0 Å². The second-order valence-electron chi connectivity index (χ2n) is 5.08. The zero-order valence-corrected chi connectivity index (χ0v) is 10.5. The van der Waals surface area contributed by atoms with E-state index in [9.17, 15) is 4.79 Å². The molecule has 1 amide bonds. The number of rotatable bonds is 0. The predicted molar refractivity (Wildman–Crippen MR) is 71.7 cm³/mol. The Labute approximate surface area is 111 Å². The van der Waals surface area contributed by atoms with Gasteiger partial charge in [0.25, 0.3) is 0 Å². The first-order valence-electron chi connectivity index (χ1n) is 6.42. The summed E-state index contributed by atoms with van der Waals surface area (Å²) in [6.07, 6.45) is -0.348. The third kappa shape index (κ3) is 1.15. The summed E-state index contributed by atoms with van der Waals surface area (Å²) >= 11 is 0. The molecular formula is C16H13NO2. The van der Waals surface area contributed by atoms with Gasteiger partial charge in [-0.05, 0) is 18.1 Å². The van der Waals surface area contributed by atoms with Crippen LogP contribution in [0.15, 0.2) is 48.5 Å². The average molecular weight is 251 g/mol. The first-order valence-corrected chi connectivity index (χ1v) is 6.42. The quantitative estimate of drug-likeness (QED) is 0.781. The highest BCUT2D eigenvalue weighted by Gasteiger charge is 2.54. The standard InChI is InChI=1S/C16H13NO2/c1-10-16(19-15(18)17-10)13-8-4-2-6-11(13)12-7-3-5-9-14(12)16/h2-10H,1H3,(H,17,18). The molecule has 1 fully saturated rings. The molecule has 1 spiro atoms. The van der Waals surface area contributed by atoms with Crippen molar-refractivity contribution < 1.29 is 9.53 Å². The van der Waals surface area contributed by atoms with Gasteiger partial charge in [0.1, 0.15) is 0 Å². The summed E-state index contributed by atoms with van der Waals surface area (Å²) in [6.45, 7) is 1.99. The highest BCUT2D eigenvalue weighted by molar-refractivity contribution is 5.84. The maximum Gasteiger partial charge on any atom is 0.408 e. The first kappa shape index (κ1) is 10.6. The number of amides is 1. The summed E-state index contributed by atoms with van der Waals surface area (Å²) in [7, 11) is 0. The fraction of sp³-hybridized carbons (Fsp3) is 0.188. The van der Waals surface area contributed by atoms with Crippen molar-refractivity contribution in [3.05, 3.63) is 59.7 Å². The van der Waals surface area contributed by atoms with Crippen LogP contribution in [0.5, 0.6) is 0 Å². The SMILES string of the molecule is CC1NC(=O)OC12c1ccccc1-c1ccccc12. The molecule has 1 N–H and O–H groups in total. The minimum absolute atomic E-state index is 0.0789. The number of benzene rings is 2. The number of ether oxygens (including phenoxy) is 1. The summed E-state index contributed by atoms with van der Waals surface area (Å²) in [5.41, 5.74) is 3.77. The summed E-state index contributed by atoms with van der Waals surface area (Å²) in [6, 6.07) is 16.2. The lowest BCUT2D eigenvalue weighted by atomic mass is 9.85. The molecule has 19 heavy (non-hydrogen) atoms. The number of hydrogen-bond acceptors (Lipinski definition) is 2. The Balaban J connectivity index is 2.10. The Kier molecular flexibility index (Phi) is 1.89. The second kappa shape index (κ2) is 3.38. The molecule has 4 rings (SSSR count). The summed E-state index contributed by atoms with van der Waals surface area (Å²) < 4.78 is 5.72. The van der Waals surface area contributed by atoms with Crippen LogP contribution < -0.4 is 5.32 Å². The lowest BCUT2D eigenvalue weighted by Crippen LogP contribution is -2.38. The Bertz CT molecular complexity index is 647. The average Bonchev–Trinajstić information content (AvgIpc) is 2.89. The van der Waals surface area contributed by atoms with Gasteiger partial charge in [-0.2, -0.15) is 0 Å². The monoisotopic (exact) mass is 251 g/mol. The van der Waals surface area contributed by atoms with Crippen molar-refractivity contribution in [3.8, 4) is 11.1 Å². The molecule has 3 heteroatoms. The molecule has 94 valence electrons. The van der Waals surface area contributed by atoms with E-state index >= 15 is 0 Å². The molecule has 1 atom stereocenters. The topological polar surface area (TPSA) is 38.3 Å². The van der Waals surface area contributed by atoms with Gasteiger partial charge in [-0.1, -0.05) is 48.5 Å². The molecule has 1 aliphatic carbocycles. The summed E-state index contributed by atoms with van der Waals surface area (Å²) in [5.74, 6) is 0. The number of carbonyl (C=O) groups excluding carboxylic acids is 1. The minimum Gasteiger partial charge on any atom is -0.431 e. The molecule has 0 bridgehead atoms. The van der Waals surface area contributed by atoms with Gasteiger partial charge in [-0.15, -0.1) is 0 Å². The van der Waals surface area contributed by atoms with Crippen LogP contribution >= 0.6 is 0 Å². The van der Waals surface area contributed by atoms with Gasteiger partial charge in [0.05, 0.1) is 6.04 Å². The van der Waals surface area contributed by atoms with E-state index in [2.05, 4.69) is 17.4 Å². The van der Waals surface area contributed by atoms with Crippen LogP contribution in [0, 0.1) is 0 Å². The van der Waals surface area contributed by atoms with Crippen LogP contribution in [0.4, 0.5) is 4.79 Å². The molecule has 1 unspecified atom stereocenters. The van der Waals surface area contributed by atoms with E-state index in [1.807, 2.05) is 43.3 Å². The molecule has 0 radical (unpaired) electrons. The van der Waals surface area contributed by atoms with Crippen LogP contribution in [0.1, 0.15) is 18.1 Å². The maximum atomic E-state index is 11.7. The largest absolute Gasteiger partial charge is 0.431 e. The third-order valence-electron chi connectivity index (χ3n) is 4.14. The Morgan fingerprint density at radius 1 is 1.00 bits per heavy atom. The van der Waals surface area contributed by atoms with Gasteiger partial charge in [-0.25, -0.2) is 4.79 Å². The molecule has 2 aromatic rings. The number of hydrogen-bond donors (Lipinski definition) is 1. The van der Waals surface area contributed by atoms with E-state index < -0.39 is 5.60 Å². The van der Waals surface area contributed by atoms with Crippen molar-refractivity contribution in [2.24, 2.45) is 0 Å². The van der Waals surface area contributed by atoms with Crippen molar-refractivity contribution in [2.75, 3.05) is 0 Å². The smallest absolute Gasteiger partial charge is 0.408 e. The minimum atomic E-state index is -0.676. The predicted octanol–water partition coefficient (Wildman–Crippen LogP) is 3.04. The van der Waals surface area contributed by atoms with Crippen molar-refractivity contribution >= 4 is 6.09 Å². The summed E-state index contributed by atoms with van der Waals surface area (Å²) in [5, 5.41) is 2.87. The lowest BCUT2D eigenvalue weighted by Gasteiger charge is -2.28. The Morgan fingerprint density at radius 3 is 2.00 bits per heavy atom. The molecule has 1 saturated heterocycles. The zero-order chi connectivity index (χ0) is 13.0. The molecule has 1 heterocycles. The van der Waals surface area contributed by atoms with Gasteiger partial charge in [0, 0.05) is 11.1 Å². The fourth-order valence-corrected chi connectivity index (χ4v) is 3.35. The molecule has 0 aromatic heterocycles. The van der Waals surface area contributed by atoms with Crippen LogP contribution in [-0.2, 0) is 10.3 Å². The number of nitrogens with one attached hydrogen (secondary N) is 1. The van der Waals surface area contributed by atoms with Gasteiger partial charge in [-0.3, -0.25) is 0 Å². The van der Waals surface area contributed by atoms with Gasteiger partial charge in [0.2, 0.25) is 0 Å². The first-order chi connectivity index (χ1) is 9.23. The van der Waals surface area contributed by atoms with E-state index in [1.165, 1.54) is 0 Å². The van der Waals surface area contributed by atoms with Crippen LogP contribution in [0.3, 0.4) is 0 Å². The van der Waals surface area contributed by atoms with Crippen molar-refractivity contribution in [1.82, 2.24) is 5.32 Å². The second-order valence-corrected chi connectivity index (χ2v) is 5.08. The van der Waals surface area contributed by atoms with Gasteiger partial charge >= 0.3 is 6.09 Å². The highest BCUT2D eigenvalue weighted by atomic mass is 16.6. The lowest BCUT2D eigenvalue weighted by molar-refractivity contribution is 0.0753. The zero-order valence-electron chi connectivity index (χ0n) is 10.5. The van der Waals surface area contributed by atoms with E-state index in [4.69, 9.17) is 4.74 Å². The summed E-state index contributed by atoms with van der Waals surface area (Å²) in [4.78, 5) is 11.7. The van der Waals surface area contributed by atoms with Crippen LogP contribution in [0.25, 0.3) is 11.1 Å². The number of fused-ring (bicyclic) bond motifs is 5. The van der Waals surface area contributed by atoms with E-state index in [0.717, 1.165) is 22.3 Å². The molecule has 2 aliphatic rings. The third-order valence-corrected chi connectivity index (χ3v) is 4.14. The van der Waals surface area contributed by atoms with E-state index in [-0.39, 0.29) is 12.1 Å². The molecule has 2 aromatic carbocycles. The molecular weight excluding hydrogens is 238 g/mol. The molecule has 1 aliphatic heterocycles. The number of carbonyl (C=O) groups is 1. The van der Waals surface area contributed by atoms with E-state index in [1.54, 1.807) is 0 Å². The van der Waals surface area contributed by atoms with Crippen LogP contribution in [-0.4, -0.2) is 12.1 Å². The molecule has 3 nitrogen and oxygen atoms in total. The van der Waals surface area contributed by atoms with Gasteiger partial charge < -0.3 is 10.1 Å². The molecule has 0 saturated carbocycles. The van der Waals surface area contributed by atoms with Crippen molar-refractivity contribution in [1.29, 1.82) is 0 Å². The maximum absolute atomic E-state index is 11.7. The Hall–Kier alpha value is -2.29. The van der Waals surface area contributed by atoms with Gasteiger partial charge in [0.15, 0.2) is 5.60 Å². The highest BCUT2D eigenvalue weighted by Crippen LogP contribution is 2.52. The van der Waals surface area contributed by atoms with Crippen molar-refractivity contribution in [2.45, 2.75) is 18.6 Å². The Morgan fingerprint density at radius 2 is 1.53 bits per heavy atom. The van der Waals surface area contributed by atoms with Crippen molar-refractivity contribution in [3.63, 3.8) is 0 Å². The van der Waals surface area contributed by atoms with E-state index in [0.29, 0.717) is 0 Å².